The molecule has 1 unspecified atom stereocenters. The molecule has 0 saturated carbocycles. The molecule has 1 nitrogen and oxygen atoms in total. The highest BCUT2D eigenvalue weighted by Crippen LogP contribution is 2.16. The highest BCUT2D eigenvalue weighted by Gasteiger charge is 2.06. The van der Waals surface area contributed by atoms with Crippen LogP contribution in [0.5, 0.6) is 0 Å². The zero-order chi connectivity index (χ0) is 10.4. The third kappa shape index (κ3) is 3.57. The molecule has 0 aliphatic heterocycles. The largest absolute Gasteiger partial charge is 0.466 e. The molecule has 1 aromatic rings. The van der Waals surface area contributed by atoms with E-state index in [1.54, 1.807) is 0 Å². The lowest BCUT2D eigenvalue weighted by Crippen LogP contribution is -1.97. The Kier molecular flexibility index (Phi) is 4.78. The Balaban J connectivity index is 2.42. The van der Waals surface area contributed by atoms with Crippen molar-refractivity contribution in [3.8, 4) is 0 Å². The van der Waals surface area contributed by atoms with Crippen LogP contribution >= 0.6 is 0 Å². The van der Waals surface area contributed by atoms with Gasteiger partial charge in [0, 0.05) is 12.8 Å². The Morgan fingerprint density at radius 2 is 1.86 bits per heavy atom. The zero-order valence-electron chi connectivity index (χ0n) is 9.68. The van der Waals surface area contributed by atoms with Crippen molar-refractivity contribution in [2.75, 3.05) is 0 Å². The predicted molar refractivity (Wildman–Crippen MR) is 60.5 cm³/mol. The highest BCUT2D eigenvalue weighted by molar-refractivity contribution is 5.07. The van der Waals surface area contributed by atoms with Crippen LogP contribution in [-0.2, 0) is 12.8 Å². The van der Waals surface area contributed by atoms with Crippen molar-refractivity contribution in [1.29, 1.82) is 0 Å². The van der Waals surface area contributed by atoms with Gasteiger partial charge in [0.15, 0.2) is 0 Å². The highest BCUT2D eigenvalue weighted by atomic mass is 16.3. The Morgan fingerprint density at radius 1 is 1.14 bits per heavy atom. The predicted octanol–water partition coefficient (Wildman–Crippen LogP) is 4.21. The summed E-state index contributed by atoms with van der Waals surface area (Å²) in [4.78, 5) is 0. The van der Waals surface area contributed by atoms with Gasteiger partial charge in [-0.2, -0.15) is 0 Å². The van der Waals surface area contributed by atoms with Gasteiger partial charge in [0.25, 0.3) is 0 Å². The van der Waals surface area contributed by atoms with E-state index in [2.05, 4.69) is 32.9 Å². The van der Waals surface area contributed by atoms with Crippen LogP contribution in [0.15, 0.2) is 16.5 Å². The lowest BCUT2D eigenvalue weighted by Gasteiger charge is -2.06. The van der Waals surface area contributed by atoms with Crippen molar-refractivity contribution in [3.05, 3.63) is 23.7 Å². The molecular weight excluding hydrogens is 172 g/mol. The molecule has 0 bridgehead atoms. The van der Waals surface area contributed by atoms with Gasteiger partial charge in [-0.3, -0.25) is 0 Å². The average Bonchev–Trinajstić information content (AvgIpc) is 2.53. The molecule has 1 atom stereocenters. The van der Waals surface area contributed by atoms with Crippen molar-refractivity contribution in [2.24, 2.45) is 5.92 Å². The molecule has 1 aromatic heterocycles. The Labute approximate surface area is 87.5 Å². The van der Waals surface area contributed by atoms with E-state index in [1.165, 1.54) is 12.8 Å². The lowest BCUT2D eigenvalue weighted by molar-refractivity contribution is 0.415. The standard InChI is InChI=1S/C13H22O/c1-4-6-11(3)10-13-9-8-12(14-13)7-5-2/h8-9,11H,4-7,10H2,1-3H3. The molecule has 1 heterocycles. The third-order valence-corrected chi connectivity index (χ3v) is 2.54. The van der Waals surface area contributed by atoms with Gasteiger partial charge in [-0.05, 0) is 24.5 Å². The molecule has 0 aromatic carbocycles. The summed E-state index contributed by atoms with van der Waals surface area (Å²) in [6, 6.07) is 4.26. The maximum absolute atomic E-state index is 5.74. The van der Waals surface area contributed by atoms with E-state index in [0.717, 1.165) is 36.7 Å². The molecule has 1 rings (SSSR count). The first-order valence-corrected chi connectivity index (χ1v) is 5.83. The number of hydrogen-bond acceptors (Lipinski definition) is 1. The first kappa shape index (κ1) is 11.4. The summed E-state index contributed by atoms with van der Waals surface area (Å²) in [5.41, 5.74) is 0. The Bertz CT molecular complexity index is 249. The van der Waals surface area contributed by atoms with Gasteiger partial charge in [0.05, 0.1) is 0 Å². The smallest absolute Gasteiger partial charge is 0.104 e. The van der Waals surface area contributed by atoms with Crippen molar-refractivity contribution in [1.82, 2.24) is 0 Å². The second-order valence-electron chi connectivity index (χ2n) is 4.22. The summed E-state index contributed by atoms with van der Waals surface area (Å²) in [7, 11) is 0. The van der Waals surface area contributed by atoms with Crippen LogP contribution in [0.1, 0.15) is 51.6 Å². The molecule has 0 amide bonds. The summed E-state index contributed by atoms with van der Waals surface area (Å²) < 4.78 is 5.74. The van der Waals surface area contributed by atoms with Gasteiger partial charge in [-0.1, -0.05) is 33.6 Å². The summed E-state index contributed by atoms with van der Waals surface area (Å²) in [6.07, 6.45) is 5.89. The van der Waals surface area contributed by atoms with Crippen LogP contribution in [0.25, 0.3) is 0 Å². The van der Waals surface area contributed by atoms with E-state index in [0.29, 0.717) is 0 Å². The third-order valence-electron chi connectivity index (χ3n) is 2.54. The summed E-state index contributed by atoms with van der Waals surface area (Å²) in [6.45, 7) is 6.72. The molecule has 80 valence electrons. The van der Waals surface area contributed by atoms with Crippen molar-refractivity contribution in [3.63, 3.8) is 0 Å². The lowest BCUT2D eigenvalue weighted by atomic mass is 10.0. The maximum atomic E-state index is 5.74. The van der Waals surface area contributed by atoms with E-state index in [1.807, 2.05) is 0 Å². The summed E-state index contributed by atoms with van der Waals surface area (Å²) >= 11 is 0. The Hall–Kier alpha value is -0.720. The number of hydrogen-bond donors (Lipinski definition) is 0. The fourth-order valence-electron chi connectivity index (χ4n) is 1.85. The van der Waals surface area contributed by atoms with Gasteiger partial charge in [-0.15, -0.1) is 0 Å². The normalized spacial score (nSPS) is 13.1. The molecule has 0 saturated heterocycles. The molecule has 0 spiro atoms. The second-order valence-corrected chi connectivity index (χ2v) is 4.22. The van der Waals surface area contributed by atoms with Crippen LogP contribution in [0.4, 0.5) is 0 Å². The topological polar surface area (TPSA) is 13.1 Å². The van der Waals surface area contributed by atoms with E-state index >= 15 is 0 Å². The Morgan fingerprint density at radius 3 is 2.50 bits per heavy atom. The van der Waals surface area contributed by atoms with Gasteiger partial charge in [0.1, 0.15) is 11.5 Å². The van der Waals surface area contributed by atoms with Crippen LogP contribution in [0.2, 0.25) is 0 Å². The molecule has 0 aliphatic rings. The number of rotatable bonds is 6. The van der Waals surface area contributed by atoms with E-state index in [9.17, 15) is 0 Å². The maximum Gasteiger partial charge on any atom is 0.104 e. The molecule has 1 heteroatoms. The van der Waals surface area contributed by atoms with Gasteiger partial charge in [-0.25, -0.2) is 0 Å². The number of furan rings is 1. The molecular formula is C13H22O. The number of aryl methyl sites for hydroxylation is 1. The van der Waals surface area contributed by atoms with Crippen LogP contribution in [-0.4, -0.2) is 0 Å². The van der Waals surface area contributed by atoms with Crippen LogP contribution in [0, 0.1) is 5.92 Å². The molecule has 0 radical (unpaired) electrons. The van der Waals surface area contributed by atoms with Crippen LogP contribution in [0.3, 0.4) is 0 Å². The van der Waals surface area contributed by atoms with Crippen LogP contribution < -0.4 is 0 Å². The van der Waals surface area contributed by atoms with Crippen molar-refractivity contribution >= 4 is 0 Å². The molecule has 0 N–H and O–H groups in total. The van der Waals surface area contributed by atoms with Crippen molar-refractivity contribution < 1.29 is 4.42 Å². The van der Waals surface area contributed by atoms with E-state index in [-0.39, 0.29) is 0 Å². The monoisotopic (exact) mass is 194 g/mol. The summed E-state index contributed by atoms with van der Waals surface area (Å²) in [5, 5.41) is 0. The molecule has 0 aliphatic carbocycles. The minimum absolute atomic E-state index is 0.751. The first-order chi connectivity index (χ1) is 6.76. The van der Waals surface area contributed by atoms with Gasteiger partial charge in [0.2, 0.25) is 0 Å². The fourth-order valence-corrected chi connectivity index (χ4v) is 1.85. The first-order valence-electron chi connectivity index (χ1n) is 5.83. The summed E-state index contributed by atoms with van der Waals surface area (Å²) in [5.74, 6) is 3.06. The zero-order valence-corrected chi connectivity index (χ0v) is 9.68. The fraction of sp³-hybridized carbons (Fsp3) is 0.692. The van der Waals surface area contributed by atoms with Gasteiger partial charge < -0.3 is 4.42 Å². The minimum Gasteiger partial charge on any atom is -0.466 e. The quantitative estimate of drug-likeness (QED) is 0.661. The minimum atomic E-state index is 0.751. The second kappa shape index (κ2) is 5.90. The van der Waals surface area contributed by atoms with E-state index in [4.69, 9.17) is 4.42 Å². The van der Waals surface area contributed by atoms with E-state index < -0.39 is 0 Å². The van der Waals surface area contributed by atoms with Crippen molar-refractivity contribution in [2.45, 2.75) is 52.9 Å². The molecule has 0 fully saturated rings. The van der Waals surface area contributed by atoms with Gasteiger partial charge >= 0.3 is 0 Å². The SMILES string of the molecule is CCCc1ccc(CC(C)CCC)o1. The molecule has 14 heavy (non-hydrogen) atoms. The average molecular weight is 194 g/mol.